The number of hydrogen-bond acceptors (Lipinski definition) is 2. The molecule has 3 heteroatoms. The largest absolute Gasteiger partial charge is 0.542 e. The molecule has 0 heterocycles. The van der Waals surface area contributed by atoms with Crippen molar-refractivity contribution in [1.29, 1.82) is 0 Å². The lowest BCUT2D eigenvalue weighted by Crippen LogP contribution is -2.24. The Morgan fingerprint density at radius 3 is 1.42 bits per heavy atom. The van der Waals surface area contributed by atoms with E-state index in [1.165, 1.54) is 33.4 Å². The first kappa shape index (κ1) is 32.7. The maximum absolute atomic E-state index is 12.0. The molecule has 1 unspecified atom stereocenters. The summed E-state index contributed by atoms with van der Waals surface area (Å²) in [6.07, 6.45) is 0. The summed E-state index contributed by atoms with van der Waals surface area (Å²) < 4.78 is 18.0. The third-order valence-corrected chi connectivity index (χ3v) is 8.49. The van der Waals surface area contributed by atoms with Crippen molar-refractivity contribution in [3.63, 3.8) is 0 Å². The van der Waals surface area contributed by atoms with Crippen LogP contribution in [0.25, 0.3) is 33.4 Å². The maximum atomic E-state index is 12.0. The Bertz CT molecular complexity index is 1620. The van der Waals surface area contributed by atoms with Crippen molar-refractivity contribution in [2.24, 2.45) is 0 Å². The maximum Gasteiger partial charge on any atom is 0.542 e. The predicted octanol–water partition coefficient (Wildman–Crippen LogP) is 12.2. The second-order valence-electron chi connectivity index (χ2n) is 15.9. The molecule has 1 atom stereocenters. The number of hydrogen-bond donors (Lipinski definition) is 0. The van der Waals surface area contributed by atoms with E-state index >= 15 is 0 Å². The van der Waals surface area contributed by atoms with Gasteiger partial charge in [0.2, 0.25) is 0 Å². The van der Waals surface area contributed by atoms with Gasteiger partial charge in [0, 0.05) is 11.1 Å². The Morgan fingerprint density at radius 1 is 0.465 bits per heavy atom. The molecule has 0 aromatic heterocycles. The van der Waals surface area contributed by atoms with Crippen LogP contribution >= 0.6 is 8.69 Å². The van der Waals surface area contributed by atoms with Gasteiger partial charge in [-0.25, -0.2) is 0 Å². The molecular weight excluding hydrogens is 543 g/mol. The van der Waals surface area contributed by atoms with E-state index in [9.17, 15) is 4.57 Å². The first-order chi connectivity index (χ1) is 19.9. The molecule has 226 valence electrons. The minimum atomic E-state index is -0.902. The zero-order valence-corrected chi connectivity index (χ0v) is 29.3. The van der Waals surface area contributed by atoms with Crippen LogP contribution in [0.2, 0.25) is 0 Å². The van der Waals surface area contributed by atoms with Crippen molar-refractivity contribution in [2.45, 2.75) is 105 Å². The normalized spacial score (nSPS) is 12.9. The SMILES string of the molecule is CC(C)(C)c1cccc(-c2ccc(O[PH+]=O)c(-c3ccccc3)c2-c2cccc(C(C)(C)C)c2C(C)(C)C)c1C(C)(C)C. The van der Waals surface area contributed by atoms with Crippen LogP contribution in [0.15, 0.2) is 78.9 Å². The molecule has 0 N–H and O–H groups in total. The van der Waals surface area contributed by atoms with Crippen molar-refractivity contribution in [3.8, 4) is 39.1 Å². The molecule has 4 aromatic carbocycles. The van der Waals surface area contributed by atoms with Crippen molar-refractivity contribution in [2.75, 3.05) is 0 Å². The van der Waals surface area contributed by atoms with Crippen LogP contribution in [-0.4, -0.2) is 0 Å². The van der Waals surface area contributed by atoms with E-state index in [0.717, 1.165) is 22.3 Å². The molecule has 0 bridgehead atoms. The van der Waals surface area contributed by atoms with Crippen LogP contribution in [0.5, 0.6) is 5.75 Å². The van der Waals surface area contributed by atoms with Crippen LogP contribution in [-0.2, 0) is 26.2 Å². The molecule has 0 saturated carbocycles. The fourth-order valence-corrected chi connectivity index (χ4v) is 6.77. The van der Waals surface area contributed by atoms with Gasteiger partial charge in [0.05, 0.1) is 0 Å². The van der Waals surface area contributed by atoms with E-state index in [4.69, 9.17) is 4.52 Å². The standard InChI is InChI=1S/C40H50O2P/c1-37(2,3)30-22-16-20-28(35(30)39(7,8)9)27-24-25-32(42-43-41)33(26-18-14-13-15-19-26)34(27)29-21-17-23-31(38(4,5)6)36(29)40(10,11)12/h13-25,43H,1-12H3/q+1. The van der Waals surface area contributed by atoms with Crippen molar-refractivity contribution >= 4 is 8.69 Å². The lowest BCUT2D eigenvalue weighted by molar-refractivity contribution is 0.525. The summed E-state index contributed by atoms with van der Waals surface area (Å²) in [5.74, 6) is 0.628. The van der Waals surface area contributed by atoms with Crippen molar-refractivity contribution in [3.05, 3.63) is 101 Å². The predicted molar refractivity (Wildman–Crippen MR) is 187 cm³/mol. The summed E-state index contributed by atoms with van der Waals surface area (Å²) >= 11 is 0. The highest BCUT2D eigenvalue weighted by Crippen LogP contribution is 2.52. The van der Waals surface area contributed by atoms with Gasteiger partial charge in [0.1, 0.15) is 0 Å². The lowest BCUT2D eigenvalue weighted by Gasteiger charge is -2.35. The summed E-state index contributed by atoms with van der Waals surface area (Å²) in [7, 11) is -0.902. The molecule has 0 aliphatic rings. The van der Waals surface area contributed by atoms with Crippen LogP contribution in [0.3, 0.4) is 0 Å². The fourth-order valence-electron chi connectivity index (χ4n) is 6.51. The Hall–Kier alpha value is -3.22. The molecule has 0 fully saturated rings. The zero-order chi connectivity index (χ0) is 32.0. The van der Waals surface area contributed by atoms with E-state index < -0.39 is 8.69 Å². The highest BCUT2D eigenvalue weighted by molar-refractivity contribution is 7.17. The molecule has 0 spiro atoms. The first-order valence-electron chi connectivity index (χ1n) is 15.4. The van der Waals surface area contributed by atoms with Crippen LogP contribution in [0.4, 0.5) is 0 Å². The molecular formula is C40H50O2P+. The summed E-state index contributed by atoms with van der Waals surface area (Å²) in [6.45, 7) is 27.7. The van der Waals surface area contributed by atoms with E-state index in [-0.39, 0.29) is 21.7 Å². The molecule has 0 saturated heterocycles. The van der Waals surface area contributed by atoms with Gasteiger partial charge in [-0.3, -0.25) is 4.52 Å². The summed E-state index contributed by atoms with van der Waals surface area (Å²) in [5, 5.41) is 0. The monoisotopic (exact) mass is 593 g/mol. The Balaban J connectivity index is 2.34. The van der Waals surface area contributed by atoms with Gasteiger partial charge in [-0.05, 0) is 82.9 Å². The third-order valence-electron chi connectivity index (χ3n) is 8.19. The summed E-state index contributed by atoms with van der Waals surface area (Å²) in [4.78, 5) is 0. The van der Waals surface area contributed by atoms with Crippen molar-refractivity contribution < 1.29 is 9.09 Å². The Kier molecular flexibility index (Phi) is 8.89. The summed E-state index contributed by atoms with van der Waals surface area (Å²) in [6, 6.07) is 28.1. The molecule has 2 nitrogen and oxygen atoms in total. The van der Waals surface area contributed by atoms with Crippen molar-refractivity contribution in [1.82, 2.24) is 0 Å². The van der Waals surface area contributed by atoms with Crippen LogP contribution in [0, 0.1) is 0 Å². The third kappa shape index (κ3) is 6.66. The second-order valence-corrected chi connectivity index (χ2v) is 16.2. The van der Waals surface area contributed by atoms with E-state index in [1.54, 1.807) is 0 Å². The molecule has 0 aliphatic carbocycles. The first-order valence-corrected chi connectivity index (χ1v) is 16.2. The average Bonchev–Trinajstić information content (AvgIpc) is 2.90. The smallest absolute Gasteiger partial charge is 0.255 e. The quantitative estimate of drug-likeness (QED) is 0.215. The Morgan fingerprint density at radius 2 is 0.953 bits per heavy atom. The lowest BCUT2D eigenvalue weighted by atomic mass is 9.69. The Labute approximate surface area is 262 Å². The molecule has 0 radical (unpaired) electrons. The topological polar surface area (TPSA) is 26.3 Å². The second kappa shape index (κ2) is 11.7. The molecule has 4 rings (SSSR count). The fraction of sp³-hybridized carbons (Fsp3) is 0.400. The zero-order valence-electron chi connectivity index (χ0n) is 28.3. The van der Waals surface area contributed by atoms with Gasteiger partial charge in [-0.15, -0.1) is 0 Å². The van der Waals surface area contributed by atoms with E-state index in [1.807, 2.05) is 12.1 Å². The highest BCUT2D eigenvalue weighted by Gasteiger charge is 2.33. The number of rotatable bonds is 5. The van der Waals surface area contributed by atoms with Crippen LogP contribution in [0.1, 0.15) is 105 Å². The molecule has 0 aliphatic heterocycles. The molecule has 43 heavy (non-hydrogen) atoms. The van der Waals surface area contributed by atoms with Gasteiger partial charge in [0.25, 0.3) is 0 Å². The van der Waals surface area contributed by atoms with Gasteiger partial charge in [0.15, 0.2) is 5.75 Å². The minimum absolute atomic E-state index is 0.0313. The van der Waals surface area contributed by atoms with Gasteiger partial charge < -0.3 is 0 Å². The van der Waals surface area contributed by atoms with Gasteiger partial charge in [-0.2, -0.15) is 0 Å². The highest BCUT2D eigenvalue weighted by atomic mass is 31.1. The van der Waals surface area contributed by atoms with Gasteiger partial charge >= 0.3 is 8.69 Å². The van der Waals surface area contributed by atoms with Gasteiger partial charge in [-0.1, -0.05) is 150 Å². The van der Waals surface area contributed by atoms with E-state index in [2.05, 4.69) is 150 Å². The number of benzene rings is 4. The minimum Gasteiger partial charge on any atom is -0.255 e. The van der Waals surface area contributed by atoms with Crippen LogP contribution < -0.4 is 4.52 Å². The summed E-state index contributed by atoms with van der Waals surface area (Å²) in [5.41, 5.74) is 11.7. The average molecular weight is 594 g/mol. The van der Waals surface area contributed by atoms with E-state index in [0.29, 0.717) is 5.75 Å². The molecule has 4 aromatic rings. The molecule has 0 amide bonds.